The van der Waals surface area contributed by atoms with Crippen LogP contribution in [-0.4, -0.2) is 16.1 Å². The third kappa shape index (κ3) is 4.14. The molecule has 0 spiro atoms. The molecule has 0 radical (unpaired) electrons. The van der Waals surface area contributed by atoms with Crippen LogP contribution in [0.4, 0.5) is 9.52 Å². The Hall–Kier alpha value is -2.60. The molecule has 0 bridgehead atoms. The summed E-state index contributed by atoms with van der Waals surface area (Å²) in [5.74, 6) is 0.229. The summed E-state index contributed by atoms with van der Waals surface area (Å²) >= 11 is 1.36. The summed E-state index contributed by atoms with van der Waals surface area (Å²) in [6.45, 7) is 0. The third-order valence-corrected chi connectivity index (χ3v) is 5.40. The second kappa shape index (κ2) is 7.33. The Balaban J connectivity index is 1.30. The van der Waals surface area contributed by atoms with Crippen LogP contribution in [-0.2, 0) is 17.6 Å². The van der Waals surface area contributed by atoms with Crippen molar-refractivity contribution in [3.8, 4) is 0 Å². The molecule has 4 nitrogen and oxygen atoms in total. The standard InChI is InChI=1S/C20H18FN3OS/c21-16-8-6-14(7-9-16)11-18-23-24-20(26-18)22-19(25)17-12-15(17)10-13-4-2-1-3-5-13/h1-9,15,17H,10-12H2,(H,22,24,25). The van der Waals surface area contributed by atoms with Gasteiger partial charge in [0.05, 0.1) is 0 Å². The van der Waals surface area contributed by atoms with Gasteiger partial charge in [-0.15, -0.1) is 10.2 Å². The average Bonchev–Trinajstić information content (AvgIpc) is 3.28. The van der Waals surface area contributed by atoms with Gasteiger partial charge in [-0.3, -0.25) is 4.79 Å². The molecule has 1 heterocycles. The molecule has 3 aromatic rings. The van der Waals surface area contributed by atoms with Gasteiger partial charge in [0.1, 0.15) is 10.8 Å². The van der Waals surface area contributed by atoms with Crippen LogP contribution in [0, 0.1) is 17.7 Å². The zero-order valence-corrected chi connectivity index (χ0v) is 14.9. The Morgan fingerprint density at radius 1 is 1.08 bits per heavy atom. The number of hydrogen-bond donors (Lipinski definition) is 1. The van der Waals surface area contributed by atoms with E-state index < -0.39 is 0 Å². The van der Waals surface area contributed by atoms with Crippen LogP contribution >= 0.6 is 11.3 Å². The van der Waals surface area contributed by atoms with E-state index in [-0.39, 0.29) is 17.6 Å². The second-order valence-corrected chi connectivity index (χ2v) is 7.65. The van der Waals surface area contributed by atoms with Crippen molar-refractivity contribution in [1.82, 2.24) is 10.2 Å². The lowest BCUT2D eigenvalue weighted by Crippen LogP contribution is -2.15. The molecule has 2 unspecified atom stereocenters. The largest absolute Gasteiger partial charge is 0.300 e. The maximum Gasteiger partial charge on any atom is 0.229 e. The fourth-order valence-electron chi connectivity index (χ4n) is 3.06. The van der Waals surface area contributed by atoms with Crippen molar-refractivity contribution in [2.24, 2.45) is 11.8 Å². The first-order chi connectivity index (χ1) is 12.7. The molecule has 4 rings (SSSR count). The van der Waals surface area contributed by atoms with Crippen molar-refractivity contribution in [2.45, 2.75) is 19.3 Å². The van der Waals surface area contributed by atoms with Gasteiger partial charge in [0.25, 0.3) is 0 Å². The highest BCUT2D eigenvalue weighted by molar-refractivity contribution is 7.15. The molecule has 132 valence electrons. The molecule has 0 aliphatic heterocycles. The van der Waals surface area contributed by atoms with Gasteiger partial charge < -0.3 is 5.32 Å². The number of aromatic nitrogens is 2. The number of nitrogens with one attached hydrogen (secondary N) is 1. The van der Waals surface area contributed by atoms with Gasteiger partial charge in [0.2, 0.25) is 11.0 Å². The van der Waals surface area contributed by atoms with Crippen molar-refractivity contribution in [3.63, 3.8) is 0 Å². The second-order valence-electron chi connectivity index (χ2n) is 6.59. The van der Waals surface area contributed by atoms with Crippen molar-refractivity contribution in [1.29, 1.82) is 0 Å². The van der Waals surface area contributed by atoms with E-state index in [4.69, 9.17) is 0 Å². The molecule has 0 saturated heterocycles. The Morgan fingerprint density at radius 2 is 1.85 bits per heavy atom. The Kier molecular flexibility index (Phi) is 4.75. The average molecular weight is 367 g/mol. The number of carbonyl (C=O) groups is 1. The first kappa shape index (κ1) is 16.8. The minimum atomic E-state index is -0.256. The van der Waals surface area contributed by atoms with Gasteiger partial charge in [-0.1, -0.05) is 53.8 Å². The van der Waals surface area contributed by atoms with E-state index >= 15 is 0 Å². The lowest BCUT2D eigenvalue weighted by molar-refractivity contribution is -0.117. The summed E-state index contributed by atoms with van der Waals surface area (Å²) in [4.78, 5) is 12.4. The molecule has 1 aromatic heterocycles. The van der Waals surface area contributed by atoms with Crippen molar-refractivity contribution < 1.29 is 9.18 Å². The Labute approximate surface area is 155 Å². The van der Waals surface area contributed by atoms with Gasteiger partial charge >= 0.3 is 0 Å². The summed E-state index contributed by atoms with van der Waals surface area (Å²) in [6.07, 6.45) is 2.43. The van der Waals surface area contributed by atoms with Crippen molar-refractivity contribution in [3.05, 3.63) is 76.5 Å². The summed E-state index contributed by atoms with van der Waals surface area (Å²) in [6, 6.07) is 16.6. The predicted molar refractivity (Wildman–Crippen MR) is 99.5 cm³/mol. The van der Waals surface area contributed by atoms with Crippen molar-refractivity contribution >= 4 is 22.4 Å². The zero-order chi connectivity index (χ0) is 17.9. The minimum Gasteiger partial charge on any atom is -0.300 e. The highest BCUT2D eigenvalue weighted by atomic mass is 32.1. The molecule has 2 aromatic carbocycles. The number of benzene rings is 2. The molecule has 2 atom stereocenters. The number of hydrogen-bond acceptors (Lipinski definition) is 4. The maximum absolute atomic E-state index is 13.0. The summed E-state index contributed by atoms with van der Waals surface area (Å²) in [5.41, 5.74) is 2.23. The first-order valence-electron chi connectivity index (χ1n) is 8.59. The van der Waals surface area contributed by atoms with E-state index in [0.717, 1.165) is 23.4 Å². The molecular formula is C20H18FN3OS. The molecule has 1 amide bonds. The highest BCUT2D eigenvalue weighted by Crippen LogP contribution is 2.42. The SMILES string of the molecule is O=C(Nc1nnc(Cc2ccc(F)cc2)s1)C1CC1Cc1ccccc1. The van der Waals surface area contributed by atoms with Crippen LogP contribution in [0.25, 0.3) is 0 Å². The topological polar surface area (TPSA) is 54.9 Å². The van der Waals surface area contributed by atoms with E-state index in [9.17, 15) is 9.18 Å². The number of carbonyl (C=O) groups excluding carboxylic acids is 1. The lowest BCUT2D eigenvalue weighted by atomic mass is 10.1. The van der Waals surface area contributed by atoms with Crippen LogP contribution in [0.15, 0.2) is 54.6 Å². The van der Waals surface area contributed by atoms with Crippen LogP contribution in [0.2, 0.25) is 0 Å². The van der Waals surface area contributed by atoms with E-state index in [1.165, 1.54) is 29.0 Å². The summed E-state index contributed by atoms with van der Waals surface area (Å²) < 4.78 is 13.0. The van der Waals surface area contributed by atoms with E-state index in [2.05, 4.69) is 27.6 Å². The lowest BCUT2D eigenvalue weighted by Gasteiger charge is -2.01. The zero-order valence-electron chi connectivity index (χ0n) is 14.1. The molecular weight excluding hydrogens is 349 g/mol. The third-order valence-electron chi connectivity index (χ3n) is 4.57. The molecule has 1 aliphatic rings. The minimum absolute atomic E-state index is 0.0235. The summed E-state index contributed by atoms with van der Waals surface area (Å²) in [5, 5.41) is 12.4. The highest BCUT2D eigenvalue weighted by Gasteiger charge is 2.42. The normalized spacial score (nSPS) is 18.5. The number of amides is 1. The fourth-order valence-corrected chi connectivity index (χ4v) is 3.84. The number of halogens is 1. The van der Waals surface area contributed by atoms with Crippen LogP contribution in [0.1, 0.15) is 22.6 Å². The molecule has 6 heteroatoms. The van der Waals surface area contributed by atoms with Gasteiger partial charge in [-0.2, -0.15) is 0 Å². The number of nitrogens with zero attached hydrogens (tertiary/aromatic N) is 2. The van der Waals surface area contributed by atoms with Crippen LogP contribution in [0.5, 0.6) is 0 Å². The smallest absolute Gasteiger partial charge is 0.229 e. The molecule has 1 aliphatic carbocycles. The monoisotopic (exact) mass is 367 g/mol. The molecule has 1 saturated carbocycles. The van der Waals surface area contributed by atoms with Gasteiger partial charge in [-0.25, -0.2) is 4.39 Å². The fraction of sp³-hybridized carbons (Fsp3) is 0.250. The Bertz CT molecular complexity index is 895. The number of anilines is 1. The van der Waals surface area contributed by atoms with Gasteiger partial charge in [0, 0.05) is 12.3 Å². The quantitative estimate of drug-likeness (QED) is 0.714. The molecule has 26 heavy (non-hydrogen) atoms. The predicted octanol–water partition coefficient (Wildman–Crippen LogP) is 4.09. The van der Waals surface area contributed by atoms with E-state index in [1.807, 2.05) is 18.2 Å². The summed E-state index contributed by atoms with van der Waals surface area (Å²) in [7, 11) is 0. The van der Waals surface area contributed by atoms with Crippen molar-refractivity contribution in [2.75, 3.05) is 5.32 Å². The molecule has 1 fully saturated rings. The van der Waals surface area contributed by atoms with Crippen LogP contribution in [0.3, 0.4) is 0 Å². The molecule has 1 N–H and O–H groups in total. The van der Waals surface area contributed by atoms with Crippen LogP contribution < -0.4 is 5.32 Å². The van der Waals surface area contributed by atoms with Gasteiger partial charge in [0.15, 0.2) is 0 Å². The van der Waals surface area contributed by atoms with E-state index in [0.29, 0.717) is 17.5 Å². The maximum atomic E-state index is 13.0. The Morgan fingerprint density at radius 3 is 2.62 bits per heavy atom. The first-order valence-corrected chi connectivity index (χ1v) is 9.40. The van der Waals surface area contributed by atoms with E-state index in [1.54, 1.807) is 12.1 Å². The number of rotatable bonds is 6. The van der Waals surface area contributed by atoms with Gasteiger partial charge in [-0.05, 0) is 42.0 Å².